The molecule has 5 aromatic rings. The van der Waals surface area contributed by atoms with Crippen LogP contribution in [0.2, 0.25) is 5.02 Å². The van der Waals surface area contributed by atoms with Crippen molar-refractivity contribution >= 4 is 46.4 Å². The number of benzene rings is 2. The van der Waals surface area contributed by atoms with Gasteiger partial charge in [0.25, 0.3) is 5.91 Å². The van der Waals surface area contributed by atoms with Gasteiger partial charge in [-0.3, -0.25) is 23.9 Å². The molecular weight excluding hydrogens is 760 g/mol. The molecule has 57 heavy (non-hydrogen) atoms. The number of nitrogens with two attached hydrogens (primary N) is 1. The summed E-state index contributed by atoms with van der Waals surface area (Å²) in [7, 11) is 0. The van der Waals surface area contributed by atoms with Crippen molar-refractivity contribution in [2.75, 3.05) is 32.7 Å². The van der Waals surface area contributed by atoms with Crippen LogP contribution in [0.25, 0.3) is 16.3 Å². The van der Waals surface area contributed by atoms with Crippen molar-refractivity contribution in [1.29, 1.82) is 0 Å². The number of thiophene rings is 1. The Hall–Kier alpha value is -5.55. The summed E-state index contributed by atoms with van der Waals surface area (Å²) < 4.78 is 7.95. The van der Waals surface area contributed by atoms with E-state index in [4.69, 9.17) is 26.7 Å². The highest BCUT2D eigenvalue weighted by Gasteiger charge is 2.33. The second kappa shape index (κ2) is 17.7. The number of piperidine rings is 1. The first-order chi connectivity index (χ1) is 27.6. The number of fused-ring (bicyclic) bond motifs is 3. The van der Waals surface area contributed by atoms with Crippen LogP contribution >= 0.6 is 22.9 Å². The molecule has 7 rings (SSSR count). The van der Waals surface area contributed by atoms with Crippen LogP contribution < -0.4 is 16.4 Å². The maximum Gasteiger partial charge on any atom is 0.289 e. The molecule has 3 amide bonds. The Morgan fingerprint density at radius 1 is 0.930 bits per heavy atom. The molecule has 4 N–H and O–H groups in total. The van der Waals surface area contributed by atoms with Crippen molar-refractivity contribution in [2.45, 2.75) is 58.9 Å². The summed E-state index contributed by atoms with van der Waals surface area (Å²) in [5.41, 5.74) is 11.0. The minimum absolute atomic E-state index is 0.00733. The number of hydrogen-bond donors (Lipinski definition) is 3. The second-order valence-electron chi connectivity index (χ2n) is 14.3. The molecule has 0 saturated carbocycles. The van der Waals surface area contributed by atoms with Crippen molar-refractivity contribution in [3.8, 4) is 28.2 Å². The number of unbranched alkanes of at least 4 members (excludes halogenated alkanes) is 1. The normalized spacial score (nSPS) is 15.1. The molecule has 0 unspecified atom stereocenters. The highest BCUT2D eigenvalue weighted by molar-refractivity contribution is 7.15. The van der Waals surface area contributed by atoms with Crippen molar-refractivity contribution in [1.82, 2.24) is 30.3 Å². The molecule has 1 fully saturated rings. The third kappa shape index (κ3) is 8.89. The number of carbonyl (C=O) groups excluding carboxylic acids is 3. The minimum Gasteiger partial charge on any atom is -0.451 e. The molecule has 0 spiro atoms. The summed E-state index contributed by atoms with van der Waals surface area (Å²) in [6.45, 7) is 8.33. The van der Waals surface area contributed by atoms with Gasteiger partial charge in [0.2, 0.25) is 11.8 Å². The molecule has 2 aliphatic heterocycles. The van der Waals surface area contributed by atoms with Gasteiger partial charge in [0.05, 0.1) is 18.7 Å². The number of furan rings is 1. The third-order valence-corrected chi connectivity index (χ3v) is 11.9. The first kappa shape index (κ1) is 39.7. The fourth-order valence-electron chi connectivity index (χ4n) is 7.19. The molecule has 294 valence electrons. The maximum absolute atomic E-state index is 13.3. The molecule has 2 aromatic carbocycles. The zero-order chi connectivity index (χ0) is 40.1. The molecule has 12 nitrogen and oxygen atoms in total. The van der Waals surface area contributed by atoms with Crippen LogP contribution in [-0.4, -0.2) is 75.8 Å². The van der Waals surface area contributed by atoms with Crippen molar-refractivity contribution < 1.29 is 18.8 Å². The predicted octanol–water partition coefficient (Wildman–Crippen LogP) is 6.32. The first-order valence-electron chi connectivity index (χ1n) is 19.2. The van der Waals surface area contributed by atoms with Gasteiger partial charge < -0.3 is 25.7 Å². The number of hydrogen-bond acceptors (Lipinski definition) is 9. The summed E-state index contributed by atoms with van der Waals surface area (Å²) in [5.74, 6) is 7.59. The van der Waals surface area contributed by atoms with E-state index in [1.54, 1.807) is 28.4 Å². The summed E-state index contributed by atoms with van der Waals surface area (Å²) >= 11 is 7.90. The van der Waals surface area contributed by atoms with Crippen molar-refractivity contribution in [2.24, 2.45) is 16.6 Å². The van der Waals surface area contributed by atoms with Crippen LogP contribution in [0.3, 0.4) is 0 Å². The number of aliphatic imine (C=N–C) groups is 1. The second-order valence-corrected chi connectivity index (χ2v) is 15.9. The van der Waals surface area contributed by atoms with Gasteiger partial charge >= 0.3 is 0 Å². The van der Waals surface area contributed by atoms with Gasteiger partial charge in [-0.1, -0.05) is 47.7 Å². The van der Waals surface area contributed by atoms with Crippen LogP contribution in [0.4, 0.5) is 0 Å². The van der Waals surface area contributed by atoms with E-state index >= 15 is 0 Å². The summed E-state index contributed by atoms with van der Waals surface area (Å²) in [6.07, 6.45) is 2.68. The molecule has 14 heteroatoms. The van der Waals surface area contributed by atoms with E-state index < -0.39 is 6.04 Å². The lowest BCUT2D eigenvalue weighted by Crippen LogP contribution is -2.43. The standard InChI is InChI=1S/C43H45ClN8O4S/c1-26-27(2)57-43-38(26)39(31-12-14-33(44)15-13-31)48-34(40-50-49-28(3)52(40)43)25-37(53)46-21-4-5-22-47-41(54)32-18-23-51(24-19-32)42(55)36-17-16-35(56-36)30-10-8-29(9-11-30)7-6-20-45/h8-17,32,34H,4-5,18-25,45H2,1-3H3,(H,46,53)(H,47,54)/t34-/m0/s1. The highest BCUT2D eigenvalue weighted by atomic mass is 35.5. The lowest BCUT2D eigenvalue weighted by Gasteiger charge is -2.30. The molecule has 2 aliphatic rings. The largest absolute Gasteiger partial charge is 0.451 e. The molecule has 0 aliphatic carbocycles. The molecule has 0 radical (unpaired) electrons. The topological polar surface area (TPSA) is 161 Å². The van der Waals surface area contributed by atoms with E-state index in [1.807, 2.05) is 60.0 Å². The lowest BCUT2D eigenvalue weighted by atomic mass is 9.95. The van der Waals surface area contributed by atoms with Crippen LogP contribution in [-0.2, 0) is 9.59 Å². The minimum atomic E-state index is -0.542. The van der Waals surface area contributed by atoms with Crippen LogP contribution in [0.1, 0.15) is 87.5 Å². The van der Waals surface area contributed by atoms with Crippen LogP contribution in [0, 0.1) is 38.5 Å². The molecular formula is C43H45ClN8O4S. The maximum atomic E-state index is 13.3. The first-order valence-corrected chi connectivity index (χ1v) is 20.4. The Bertz CT molecular complexity index is 2360. The quantitative estimate of drug-likeness (QED) is 0.104. The average molecular weight is 805 g/mol. The van der Waals surface area contributed by atoms with Gasteiger partial charge in [-0.05, 0) is 88.4 Å². The zero-order valence-corrected chi connectivity index (χ0v) is 33.8. The smallest absolute Gasteiger partial charge is 0.289 e. The molecule has 3 aromatic heterocycles. The lowest BCUT2D eigenvalue weighted by molar-refractivity contribution is -0.126. The van der Waals surface area contributed by atoms with Gasteiger partial charge in [-0.15, -0.1) is 21.5 Å². The predicted molar refractivity (Wildman–Crippen MR) is 222 cm³/mol. The van der Waals surface area contributed by atoms with E-state index in [9.17, 15) is 14.4 Å². The van der Waals surface area contributed by atoms with E-state index in [0.29, 0.717) is 75.0 Å². The molecule has 1 atom stereocenters. The summed E-state index contributed by atoms with van der Waals surface area (Å²) in [6, 6.07) is 18.1. The summed E-state index contributed by atoms with van der Waals surface area (Å²) in [5, 5.41) is 16.6. The molecule has 0 bridgehead atoms. The van der Waals surface area contributed by atoms with Crippen molar-refractivity contribution in [3.63, 3.8) is 0 Å². The number of likely N-dealkylation sites (tertiary alicyclic amines) is 1. The fraction of sp³-hybridized carbons (Fsp3) is 0.349. The SMILES string of the molecule is Cc1sc2c(c1C)C(c1ccc(Cl)cc1)=N[C@@H](CC(=O)NCCCCNC(=O)C1CCN(C(=O)c3ccc(-c4ccc(C#CCN)cc4)o3)CC1)c1nnc(C)n1-2. The Labute approximate surface area is 340 Å². The van der Waals surface area contributed by atoms with E-state index in [0.717, 1.165) is 44.4 Å². The number of aryl methyl sites for hydroxylation is 2. The van der Waals surface area contributed by atoms with Crippen molar-refractivity contribution in [3.05, 3.63) is 110 Å². The Balaban J connectivity index is 0.859. The number of nitrogens with one attached hydrogen (secondary N) is 2. The highest BCUT2D eigenvalue weighted by Crippen LogP contribution is 2.39. The van der Waals surface area contributed by atoms with Gasteiger partial charge in [0, 0.05) is 64.3 Å². The Kier molecular flexibility index (Phi) is 12.3. The Morgan fingerprint density at radius 2 is 1.63 bits per heavy atom. The Morgan fingerprint density at radius 3 is 2.35 bits per heavy atom. The number of aromatic nitrogens is 3. The monoisotopic (exact) mass is 804 g/mol. The molecule has 1 saturated heterocycles. The van der Waals surface area contributed by atoms with Crippen LogP contribution in [0.5, 0.6) is 0 Å². The number of halogens is 1. The van der Waals surface area contributed by atoms with Gasteiger partial charge in [-0.2, -0.15) is 0 Å². The van der Waals surface area contributed by atoms with E-state index in [-0.39, 0.29) is 35.8 Å². The van der Waals surface area contributed by atoms with Crippen LogP contribution in [0.15, 0.2) is 70.1 Å². The van der Waals surface area contributed by atoms with Gasteiger partial charge in [-0.25, -0.2) is 0 Å². The fourth-order valence-corrected chi connectivity index (χ4v) is 8.53. The van der Waals surface area contributed by atoms with Gasteiger partial charge in [0.1, 0.15) is 22.6 Å². The van der Waals surface area contributed by atoms with E-state index in [1.165, 1.54) is 4.88 Å². The van der Waals surface area contributed by atoms with E-state index in [2.05, 4.69) is 46.5 Å². The zero-order valence-electron chi connectivity index (χ0n) is 32.2. The summed E-state index contributed by atoms with van der Waals surface area (Å²) in [4.78, 5) is 47.6. The third-order valence-electron chi connectivity index (χ3n) is 10.4. The number of amides is 3. The number of rotatable bonds is 11. The average Bonchev–Trinajstić information content (AvgIpc) is 3.92. The molecule has 5 heterocycles. The number of nitrogens with zero attached hydrogens (tertiary/aromatic N) is 5. The van der Waals surface area contributed by atoms with Gasteiger partial charge in [0.15, 0.2) is 11.6 Å². The number of carbonyl (C=O) groups is 3.